The maximum absolute atomic E-state index is 6.02. The second-order valence-corrected chi connectivity index (χ2v) is 5.10. The number of para-hydroxylation sites is 1. The molecule has 0 spiro atoms. The van der Waals surface area contributed by atoms with E-state index < -0.39 is 0 Å². The molecule has 4 aromatic rings. The highest BCUT2D eigenvalue weighted by molar-refractivity contribution is 5.85. The van der Waals surface area contributed by atoms with Crippen molar-refractivity contribution in [2.24, 2.45) is 0 Å². The van der Waals surface area contributed by atoms with Crippen molar-refractivity contribution in [3.63, 3.8) is 0 Å². The van der Waals surface area contributed by atoms with E-state index in [1.54, 1.807) is 0 Å². The number of nitrogens with one attached hydrogen (secondary N) is 1. The average Bonchev–Trinajstić information content (AvgIpc) is 3.04. The molecule has 105 valence electrons. The molecule has 1 heterocycles. The summed E-state index contributed by atoms with van der Waals surface area (Å²) in [5, 5.41) is 1.20. The smallest absolute Gasteiger partial charge is 0.135 e. The fourth-order valence-electron chi connectivity index (χ4n) is 2.55. The van der Waals surface area contributed by atoms with Crippen molar-refractivity contribution < 1.29 is 4.74 Å². The summed E-state index contributed by atoms with van der Waals surface area (Å²) in [5.74, 6) is 1.63. The Hall–Kier alpha value is -3.00. The molecule has 2 nitrogen and oxygen atoms in total. The Kier molecular flexibility index (Phi) is 3.13. The Bertz CT molecular complexity index is 909. The number of benzene rings is 3. The zero-order chi connectivity index (χ0) is 14.8. The van der Waals surface area contributed by atoms with Gasteiger partial charge in [0.05, 0.1) is 0 Å². The summed E-state index contributed by atoms with van der Waals surface area (Å²) >= 11 is 0. The standard InChI is InChI=1S/C20H14NO/c1-2-6-17(7-3-1)22-20-9-5-4-8-18(20)16-11-10-15-12-13-21-19(15)14-16/h1-7,9-14,21H. The van der Waals surface area contributed by atoms with Gasteiger partial charge in [0, 0.05) is 17.3 Å². The molecular weight excluding hydrogens is 270 g/mol. The second-order valence-electron chi connectivity index (χ2n) is 5.10. The second kappa shape index (κ2) is 5.41. The van der Waals surface area contributed by atoms with Gasteiger partial charge in [0.2, 0.25) is 0 Å². The van der Waals surface area contributed by atoms with Crippen LogP contribution in [0.1, 0.15) is 0 Å². The van der Waals surface area contributed by atoms with Gasteiger partial charge in [-0.05, 0) is 47.3 Å². The molecule has 0 amide bonds. The van der Waals surface area contributed by atoms with Gasteiger partial charge in [-0.15, -0.1) is 0 Å². The van der Waals surface area contributed by atoms with E-state index in [0.717, 1.165) is 28.1 Å². The minimum atomic E-state index is 0.805. The van der Waals surface area contributed by atoms with Crippen molar-refractivity contribution >= 4 is 10.9 Å². The number of aromatic amines is 1. The van der Waals surface area contributed by atoms with E-state index in [-0.39, 0.29) is 0 Å². The summed E-state index contributed by atoms with van der Waals surface area (Å²) in [5.41, 5.74) is 3.16. The molecule has 0 fully saturated rings. The third kappa shape index (κ3) is 2.35. The molecule has 1 aromatic heterocycles. The van der Waals surface area contributed by atoms with E-state index in [1.807, 2.05) is 54.7 Å². The molecule has 22 heavy (non-hydrogen) atoms. The zero-order valence-electron chi connectivity index (χ0n) is 11.9. The van der Waals surface area contributed by atoms with Gasteiger partial charge in [-0.3, -0.25) is 0 Å². The number of ether oxygens (including phenoxy) is 1. The van der Waals surface area contributed by atoms with Gasteiger partial charge in [0.1, 0.15) is 11.5 Å². The summed E-state index contributed by atoms with van der Waals surface area (Å²) in [7, 11) is 0. The number of rotatable bonds is 3. The van der Waals surface area contributed by atoms with Crippen molar-refractivity contribution in [1.82, 2.24) is 4.98 Å². The van der Waals surface area contributed by atoms with Crippen LogP contribution < -0.4 is 4.74 Å². The van der Waals surface area contributed by atoms with Gasteiger partial charge in [-0.2, -0.15) is 0 Å². The molecule has 0 bridgehead atoms. The van der Waals surface area contributed by atoms with Crippen LogP contribution in [0.4, 0.5) is 0 Å². The van der Waals surface area contributed by atoms with Crippen LogP contribution in [0, 0.1) is 6.07 Å². The quantitative estimate of drug-likeness (QED) is 0.533. The fraction of sp³-hybridized carbons (Fsp3) is 0. The first-order valence-electron chi connectivity index (χ1n) is 7.21. The lowest BCUT2D eigenvalue weighted by Crippen LogP contribution is -1.88. The lowest BCUT2D eigenvalue weighted by Gasteiger charge is -2.11. The number of H-pyrrole nitrogens is 1. The van der Waals surface area contributed by atoms with E-state index in [9.17, 15) is 0 Å². The lowest BCUT2D eigenvalue weighted by atomic mass is 10.0. The summed E-state index contributed by atoms with van der Waals surface area (Å²) in [4.78, 5) is 3.24. The minimum Gasteiger partial charge on any atom is -0.457 e. The van der Waals surface area contributed by atoms with Gasteiger partial charge >= 0.3 is 0 Å². The minimum absolute atomic E-state index is 0.805. The predicted molar refractivity (Wildman–Crippen MR) is 89.1 cm³/mol. The van der Waals surface area contributed by atoms with Gasteiger partial charge in [0.25, 0.3) is 0 Å². The molecule has 0 unspecified atom stereocenters. The SMILES string of the molecule is [c]1cccc(Oc2ccccc2)c1-c1ccc2cc[nH]c2c1. The van der Waals surface area contributed by atoms with Crippen molar-refractivity contribution in [2.45, 2.75) is 0 Å². The Morgan fingerprint density at radius 3 is 2.68 bits per heavy atom. The molecule has 0 aliphatic heterocycles. The van der Waals surface area contributed by atoms with E-state index in [1.165, 1.54) is 5.39 Å². The van der Waals surface area contributed by atoms with Crippen molar-refractivity contribution in [1.29, 1.82) is 0 Å². The number of hydrogen-bond acceptors (Lipinski definition) is 1. The average molecular weight is 284 g/mol. The first-order chi connectivity index (χ1) is 10.9. The maximum atomic E-state index is 6.02. The topological polar surface area (TPSA) is 25.0 Å². The largest absolute Gasteiger partial charge is 0.457 e. The van der Waals surface area contributed by atoms with E-state index in [2.05, 4.69) is 35.3 Å². The van der Waals surface area contributed by atoms with E-state index >= 15 is 0 Å². The van der Waals surface area contributed by atoms with E-state index in [0.29, 0.717) is 0 Å². The highest BCUT2D eigenvalue weighted by atomic mass is 16.5. The first kappa shape index (κ1) is 12.7. The molecule has 4 rings (SSSR count). The Morgan fingerprint density at radius 1 is 0.864 bits per heavy atom. The number of aromatic nitrogens is 1. The molecule has 0 aliphatic rings. The van der Waals surface area contributed by atoms with Gasteiger partial charge in [-0.25, -0.2) is 0 Å². The molecule has 3 aromatic carbocycles. The van der Waals surface area contributed by atoms with Crippen LogP contribution in [0.25, 0.3) is 22.0 Å². The molecule has 2 heteroatoms. The van der Waals surface area contributed by atoms with Gasteiger partial charge in [-0.1, -0.05) is 42.5 Å². The van der Waals surface area contributed by atoms with Crippen molar-refractivity contribution in [3.05, 3.63) is 85.1 Å². The summed E-state index contributed by atoms with van der Waals surface area (Å²) in [6.45, 7) is 0. The first-order valence-corrected chi connectivity index (χ1v) is 7.21. The lowest BCUT2D eigenvalue weighted by molar-refractivity contribution is 0.484. The highest BCUT2D eigenvalue weighted by Crippen LogP contribution is 2.33. The van der Waals surface area contributed by atoms with Gasteiger partial charge < -0.3 is 9.72 Å². The maximum Gasteiger partial charge on any atom is 0.135 e. The van der Waals surface area contributed by atoms with Crippen molar-refractivity contribution in [3.8, 4) is 22.6 Å². The third-order valence-corrected chi connectivity index (χ3v) is 3.63. The molecule has 0 atom stereocenters. The fourth-order valence-corrected chi connectivity index (χ4v) is 2.55. The van der Waals surface area contributed by atoms with Crippen LogP contribution in [0.3, 0.4) is 0 Å². The summed E-state index contributed by atoms with van der Waals surface area (Å²) in [6.07, 6.45) is 1.95. The molecule has 0 saturated heterocycles. The van der Waals surface area contributed by atoms with Gasteiger partial charge in [0.15, 0.2) is 0 Å². The molecule has 0 saturated carbocycles. The number of fused-ring (bicyclic) bond motifs is 1. The summed E-state index contributed by atoms with van der Waals surface area (Å²) in [6, 6.07) is 27.3. The van der Waals surface area contributed by atoms with Crippen LogP contribution in [0.5, 0.6) is 11.5 Å². The van der Waals surface area contributed by atoms with Crippen molar-refractivity contribution in [2.75, 3.05) is 0 Å². The third-order valence-electron chi connectivity index (χ3n) is 3.63. The van der Waals surface area contributed by atoms with E-state index in [4.69, 9.17) is 4.74 Å². The van der Waals surface area contributed by atoms with Crippen LogP contribution in [0.2, 0.25) is 0 Å². The van der Waals surface area contributed by atoms with Crippen LogP contribution in [-0.4, -0.2) is 4.98 Å². The molecule has 1 N–H and O–H groups in total. The molecule has 0 aliphatic carbocycles. The molecule has 1 radical (unpaired) electrons. The normalized spacial score (nSPS) is 10.7. The Balaban J connectivity index is 1.78. The Morgan fingerprint density at radius 2 is 1.77 bits per heavy atom. The summed E-state index contributed by atoms with van der Waals surface area (Å²) < 4.78 is 6.02. The number of hydrogen-bond donors (Lipinski definition) is 1. The molecular formula is C20H14NO. The zero-order valence-corrected chi connectivity index (χ0v) is 11.9. The highest BCUT2D eigenvalue weighted by Gasteiger charge is 2.08. The predicted octanol–water partition coefficient (Wildman–Crippen LogP) is 5.43. The monoisotopic (exact) mass is 284 g/mol. The Labute approximate surface area is 129 Å². The van der Waals surface area contributed by atoms with Crippen LogP contribution in [-0.2, 0) is 0 Å². The van der Waals surface area contributed by atoms with Crippen LogP contribution >= 0.6 is 0 Å². The van der Waals surface area contributed by atoms with Crippen LogP contribution in [0.15, 0.2) is 79.0 Å².